The summed E-state index contributed by atoms with van der Waals surface area (Å²) >= 11 is 13.1. The fraction of sp³-hybridized carbons (Fsp3) is 0.176. The molecular weight excluding hydrogens is 365 g/mol. The molecular formula is C17H13Cl2N3OS. The fourth-order valence-electron chi connectivity index (χ4n) is 2.86. The fourth-order valence-corrected chi connectivity index (χ4v) is 3.89. The summed E-state index contributed by atoms with van der Waals surface area (Å²) < 4.78 is 4.56. The molecule has 7 heteroatoms. The smallest absolute Gasteiger partial charge is 0.259 e. The third-order valence-electron chi connectivity index (χ3n) is 4.21. The molecule has 2 aromatic carbocycles. The lowest BCUT2D eigenvalue weighted by Crippen LogP contribution is -2.37. The first-order valence-electron chi connectivity index (χ1n) is 7.46. The Labute approximate surface area is 152 Å². The first-order valence-corrected chi connectivity index (χ1v) is 9.03. The van der Waals surface area contributed by atoms with Crippen molar-refractivity contribution in [2.24, 2.45) is 4.99 Å². The lowest BCUT2D eigenvalue weighted by molar-refractivity contribution is 0.535. The molecule has 1 aliphatic carbocycles. The van der Waals surface area contributed by atoms with Crippen LogP contribution in [0.15, 0.2) is 58.3 Å². The zero-order valence-corrected chi connectivity index (χ0v) is 14.8. The van der Waals surface area contributed by atoms with E-state index in [9.17, 15) is 4.79 Å². The monoisotopic (exact) mass is 377 g/mol. The second-order valence-corrected chi connectivity index (χ2v) is 7.40. The SMILES string of the molecule is O=c1[nH]sc(=Nc2ccc(Cl)cc2)n1C1(c2ccc(Cl)cc2)CC1. The van der Waals surface area contributed by atoms with Crippen LogP contribution in [0.25, 0.3) is 0 Å². The van der Waals surface area contributed by atoms with E-state index < -0.39 is 0 Å². The van der Waals surface area contributed by atoms with Crippen LogP contribution in [0.3, 0.4) is 0 Å². The van der Waals surface area contributed by atoms with Gasteiger partial charge in [-0.1, -0.05) is 35.3 Å². The van der Waals surface area contributed by atoms with Gasteiger partial charge >= 0.3 is 5.69 Å². The molecule has 1 N–H and O–H groups in total. The number of nitrogens with one attached hydrogen (secondary N) is 1. The first kappa shape index (κ1) is 15.7. The minimum absolute atomic E-state index is 0.139. The van der Waals surface area contributed by atoms with Gasteiger partial charge in [0, 0.05) is 10.0 Å². The van der Waals surface area contributed by atoms with Gasteiger partial charge in [0.15, 0.2) is 0 Å². The molecule has 4 rings (SSSR count). The number of rotatable bonds is 3. The van der Waals surface area contributed by atoms with Crippen LogP contribution in [0.2, 0.25) is 10.0 Å². The van der Waals surface area contributed by atoms with Gasteiger partial charge in [-0.2, -0.15) is 0 Å². The van der Waals surface area contributed by atoms with E-state index in [-0.39, 0.29) is 11.2 Å². The Morgan fingerprint density at radius 1 is 1.00 bits per heavy atom. The predicted molar refractivity (Wildman–Crippen MR) is 97.4 cm³/mol. The number of hydrogen-bond acceptors (Lipinski definition) is 3. The van der Waals surface area contributed by atoms with E-state index in [1.165, 1.54) is 11.5 Å². The molecule has 0 radical (unpaired) electrons. The molecule has 1 heterocycles. The van der Waals surface area contributed by atoms with Gasteiger partial charge in [-0.15, -0.1) is 0 Å². The van der Waals surface area contributed by atoms with Gasteiger partial charge in [0.2, 0.25) is 4.80 Å². The van der Waals surface area contributed by atoms with E-state index in [4.69, 9.17) is 23.2 Å². The van der Waals surface area contributed by atoms with Gasteiger partial charge in [-0.25, -0.2) is 9.79 Å². The quantitative estimate of drug-likeness (QED) is 0.725. The van der Waals surface area contributed by atoms with Crippen molar-refractivity contribution >= 4 is 40.4 Å². The molecule has 0 saturated heterocycles. The van der Waals surface area contributed by atoms with Crippen LogP contribution < -0.4 is 10.5 Å². The molecule has 0 atom stereocenters. The van der Waals surface area contributed by atoms with Gasteiger partial charge in [0.1, 0.15) is 0 Å². The van der Waals surface area contributed by atoms with Crippen molar-refractivity contribution in [1.29, 1.82) is 0 Å². The Morgan fingerprint density at radius 3 is 2.17 bits per heavy atom. The summed E-state index contributed by atoms with van der Waals surface area (Å²) in [6, 6.07) is 14.9. The molecule has 0 spiro atoms. The van der Waals surface area contributed by atoms with Crippen LogP contribution >= 0.6 is 34.7 Å². The van der Waals surface area contributed by atoms with Gasteiger partial charge in [-0.05, 0) is 66.3 Å². The number of nitrogens with zero attached hydrogens (tertiary/aromatic N) is 2. The van der Waals surface area contributed by atoms with Crippen LogP contribution in [-0.4, -0.2) is 8.94 Å². The van der Waals surface area contributed by atoms with E-state index in [0.29, 0.717) is 14.8 Å². The highest BCUT2D eigenvalue weighted by atomic mass is 35.5. The molecule has 1 aliphatic rings. The minimum Gasteiger partial charge on any atom is -0.259 e. The maximum absolute atomic E-state index is 12.4. The highest BCUT2D eigenvalue weighted by Crippen LogP contribution is 2.48. The van der Waals surface area contributed by atoms with E-state index in [1.807, 2.05) is 36.4 Å². The van der Waals surface area contributed by atoms with Gasteiger partial charge in [-0.3, -0.25) is 8.94 Å². The Morgan fingerprint density at radius 2 is 1.58 bits per heavy atom. The summed E-state index contributed by atoms with van der Waals surface area (Å²) in [6.07, 6.45) is 1.81. The zero-order chi connectivity index (χ0) is 16.7. The topological polar surface area (TPSA) is 50.1 Å². The van der Waals surface area contributed by atoms with Gasteiger partial charge in [0.05, 0.1) is 11.2 Å². The molecule has 1 saturated carbocycles. The number of benzene rings is 2. The van der Waals surface area contributed by atoms with Crippen LogP contribution in [0.1, 0.15) is 18.4 Å². The van der Waals surface area contributed by atoms with Crippen molar-refractivity contribution < 1.29 is 0 Å². The highest BCUT2D eigenvalue weighted by Gasteiger charge is 2.48. The number of hydrogen-bond donors (Lipinski definition) is 1. The Hall–Kier alpha value is -1.82. The largest absolute Gasteiger partial charge is 0.337 e. The van der Waals surface area contributed by atoms with Crippen molar-refractivity contribution in [2.75, 3.05) is 0 Å². The average Bonchev–Trinajstić information content (AvgIpc) is 3.29. The van der Waals surface area contributed by atoms with Crippen LogP contribution in [0.4, 0.5) is 5.69 Å². The molecule has 0 unspecified atom stereocenters. The first-order chi connectivity index (χ1) is 11.6. The molecule has 1 aromatic heterocycles. The number of aromatic nitrogens is 2. The van der Waals surface area contributed by atoms with Crippen molar-refractivity contribution in [3.05, 3.63) is 79.4 Å². The van der Waals surface area contributed by atoms with Crippen LogP contribution in [-0.2, 0) is 5.54 Å². The summed E-state index contributed by atoms with van der Waals surface area (Å²) in [6.45, 7) is 0. The molecule has 4 nitrogen and oxygen atoms in total. The van der Waals surface area contributed by atoms with Crippen molar-refractivity contribution in [3.8, 4) is 0 Å². The van der Waals surface area contributed by atoms with Crippen molar-refractivity contribution in [2.45, 2.75) is 18.4 Å². The summed E-state index contributed by atoms with van der Waals surface area (Å²) in [4.78, 5) is 17.7. The molecule has 0 aliphatic heterocycles. The van der Waals surface area contributed by atoms with E-state index in [2.05, 4.69) is 9.37 Å². The molecule has 122 valence electrons. The highest BCUT2D eigenvalue weighted by molar-refractivity contribution is 7.02. The molecule has 0 bridgehead atoms. The maximum Gasteiger partial charge on any atom is 0.337 e. The van der Waals surface area contributed by atoms with Crippen LogP contribution in [0.5, 0.6) is 0 Å². The van der Waals surface area contributed by atoms with E-state index in [0.717, 1.165) is 24.1 Å². The molecule has 0 amide bonds. The lowest BCUT2D eigenvalue weighted by atomic mass is 10.1. The lowest BCUT2D eigenvalue weighted by Gasteiger charge is -2.16. The minimum atomic E-state index is -0.330. The summed E-state index contributed by atoms with van der Waals surface area (Å²) in [5, 5.41) is 1.34. The summed E-state index contributed by atoms with van der Waals surface area (Å²) in [5.74, 6) is 0. The third-order valence-corrected chi connectivity index (χ3v) is 5.45. The van der Waals surface area contributed by atoms with Crippen molar-refractivity contribution in [1.82, 2.24) is 8.94 Å². The van der Waals surface area contributed by atoms with Gasteiger partial charge in [0.25, 0.3) is 0 Å². The number of halogens is 2. The van der Waals surface area contributed by atoms with Crippen molar-refractivity contribution in [3.63, 3.8) is 0 Å². The Bertz CT molecular complexity index is 996. The second-order valence-electron chi connectivity index (χ2n) is 5.75. The normalized spacial score (nSPS) is 16.3. The predicted octanol–water partition coefficient (Wildman–Crippen LogP) is 4.31. The number of aromatic amines is 1. The van der Waals surface area contributed by atoms with E-state index >= 15 is 0 Å². The summed E-state index contributed by atoms with van der Waals surface area (Å²) in [5.41, 5.74) is 1.37. The average molecular weight is 378 g/mol. The van der Waals surface area contributed by atoms with Gasteiger partial charge < -0.3 is 0 Å². The van der Waals surface area contributed by atoms with E-state index in [1.54, 1.807) is 16.7 Å². The Balaban J connectivity index is 1.85. The maximum atomic E-state index is 12.4. The Kier molecular flexibility index (Phi) is 3.87. The third kappa shape index (κ3) is 2.73. The van der Waals surface area contributed by atoms with Crippen LogP contribution in [0, 0.1) is 0 Å². The second kappa shape index (κ2) is 5.92. The standard InChI is InChI=1S/C17H13Cl2N3OS/c18-12-3-1-11(2-4-12)17(9-10-17)22-15(23)21-24-16(22)20-14-7-5-13(19)6-8-14/h1-8H,9-10H2,(H,21,23). The molecule has 1 fully saturated rings. The number of H-pyrrole nitrogens is 1. The summed E-state index contributed by atoms with van der Waals surface area (Å²) in [7, 11) is 0. The molecule has 24 heavy (non-hydrogen) atoms. The molecule has 3 aromatic rings. The zero-order valence-electron chi connectivity index (χ0n) is 12.5.